The molecule has 0 aromatic carbocycles. The van der Waals surface area contributed by atoms with Gasteiger partial charge in [-0.2, -0.15) is 0 Å². The monoisotopic (exact) mass is 364 g/mol. The Morgan fingerprint density at radius 1 is 1.12 bits per heavy atom. The molecule has 0 aromatic rings. The van der Waals surface area contributed by atoms with Crippen molar-refractivity contribution in [2.24, 2.45) is 34.0 Å². The Morgan fingerprint density at radius 2 is 1.81 bits per heavy atom. The molecule has 9 atom stereocenters. The van der Waals surface area contributed by atoms with Crippen LogP contribution in [0.25, 0.3) is 0 Å². The van der Waals surface area contributed by atoms with Crippen LogP contribution < -0.4 is 0 Å². The fourth-order valence-corrected chi connectivity index (χ4v) is 7.90. The normalized spacial score (nSPS) is 59.9. The SMILES string of the molecule is C=C1C(=O)[C@]23C(O)[C@H]1CC[C@H]2[C@@]12CO[C@]3(O)C(O)[C@@H]1C(C)(C)CC[C@@H]2O. The molecule has 6 rings (SSSR count). The summed E-state index contributed by atoms with van der Waals surface area (Å²) in [7, 11) is 0. The second-order valence-electron chi connectivity index (χ2n) is 9.97. The van der Waals surface area contributed by atoms with Gasteiger partial charge < -0.3 is 25.2 Å². The molecule has 6 aliphatic rings. The number of ether oxygens (including phenoxy) is 1. The summed E-state index contributed by atoms with van der Waals surface area (Å²) in [6.07, 6.45) is -0.747. The molecule has 144 valence electrons. The Balaban J connectivity index is 1.81. The highest BCUT2D eigenvalue weighted by atomic mass is 16.6. The quantitative estimate of drug-likeness (QED) is 0.463. The van der Waals surface area contributed by atoms with Crippen molar-refractivity contribution < 1.29 is 30.0 Å². The molecule has 4 saturated carbocycles. The Kier molecular flexibility index (Phi) is 3.07. The van der Waals surface area contributed by atoms with Crippen LogP contribution in [0.1, 0.15) is 39.5 Å². The van der Waals surface area contributed by atoms with Crippen molar-refractivity contribution in [2.75, 3.05) is 6.61 Å². The maximum absolute atomic E-state index is 13.3. The van der Waals surface area contributed by atoms with Gasteiger partial charge in [-0.1, -0.05) is 20.4 Å². The molecule has 2 saturated heterocycles. The third kappa shape index (κ3) is 1.41. The van der Waals surface area contributed by atoms with Gasteiger partial charge in [0.1, 0.15) is 11.5 Å². The number of carbonyl (C=O) groups excluding carboxylic acids is 1. The summed E-state index contributed by atoms with van der Waals surface area (Å²) in [4.78, 5) is 13.3. The fourth-order valence-electron chi connectivity index (χ4n) is 7.90. The van der Waals surface area contributed by atoms with E-state index in [1.54, 1.807) is 0 Å². The number of aliphatic hydroxyl groups is 4. The van der Waals surface area contributed by atoms with Crippen LogP contribution in [0, 0.1) is 34.0 Å². The lowest BCUT2D eigenvalue weighted by Gasteiger charge is -2.74. The largest absolute Gasteiger partial charge is 0.392 e. The maximum atomic E-state index is 13.3. The maximum Gasteiger partial charge on any atom is 0.208 e. The number of ketones is 1. The van der Waals surface area contributed by atoms with Gasteiger partial charge in [0.15, 0.2) is 5.78 Å². The summed E-state index contributed by atoms with van der Waals surface area (Å²) in [5.41, 5.74) is -2.49. The zero-order valence-corrected chi connectivity index (χ0v) is 15.3. The second-order valence-corrected chi connectivity index (χ2v) is 9.97. The topological polar surface area (TPSA) is 107 Å². The predicted molar refractivity (Wildman–Crippen MR) is 90.7 cm³/mol. The van der Waals surface area contributed by atoms with E-state index in [0.29, 0.717) is 24.8 Å². The fraction of sp³-hybridized carbons (Fsp3) is 0.850. The molecule has 26 heavy (non-hydrogen) atoms. The summed E-state index contributed by atoms with van der Waals surface area (Å²) < 4.78 is 5.80. The smallest absolute Gasteiger partial charge is 0.208 e. The zero-order valence-electron chi connectivity index (χ0n) is 15.3. The highest BCUT2D eigenvalue weighted by Crippen LogP contribution is 2.76. The average molecular weight is 364 g/mol. The number of hydrogen-bond donors (Lipinski definition) is 4. The van der Waals surface area contributed by atoms with Crippen LogP contribution in [0.4, 0.5) is 0 Å². The molecule has 6 nitrogen and oxygen atoms in total. The predicted octanol–water partition coefficient (Wildman–Crippen LogP) is 0.376. The molecule has 2 spiro atoms. The van der Waals surface area contributed by atoms with E-state index in [2.05, 4.69) is 6.58 Å². The lowest BCUT2D eigenvalue weighted by molar-refractivity contribution is -0.458. The van der Waals surface area contributed by atoms with Crippen LogP contribution in [0.5, 0.6) is 0 Å². The average Bonchev–Trinajstić information content (AvgIpc) is 2.69. The van der Waals surface area contributed by atoms with Gasteiger partial charge in [-0.05, 0) is 42.6 Å². The first kappa shape index (κ1) is 17.3. The second kappa shape index (κ2) is 4.61. The van der Waals surface area contributed by atoms with Crippen molar-refractivity contribution in [1.29, 1.82) is 0 Å². The van der Waals surface area contributed by atoms with E-state index in [0.717, 1.165) is 6.42 Å². The minimum Gasteiger partial charge on any atom is -0.392 e. The third-order valence-electron chi connectivity index (χ3n) is 8.88. The molecular weight excluding hydrogens is 336 g/mol. The van der Waals surface area contributed by atoms with Gasteiger partial charge in [0, 0.05) is 17.3 Å². The van der Waals surface area contributed by atoms with E-state index >= 15 is 0 Å². The summed E-state index contributed by atoms with van der Waals surface area (Å²) in [5, 5.41) is 45.1. The van der Waals surface area contributed by atoms with Crippen molar-refractivity contribution in [3.63, 3.8) is 0 Å². The molecule has 2 aliphatic heterocycles. The van der Waals surface area contributed by atoms with Crippen molar-refractivity contribution in [1.82, 2.24) is 0 Å². The summed E-state index contributed by atoms with van der Waals surface area (Å²) in [5.74, 6) is -3.80. The van der Waals surface area contributed by atoms with Gasteiger partial charge >= 0.3 is 0 Å². The lowest BCUT2D eigenvalue weighted by atomic mass is 9.35. The molecule has 2 heterocycles. The van der Waals surface area contributed by atoms with Gasteiger partial charge in [-0.3, -0.25) is 4.79 Å². The number of fused-ring (bicyclic) bond motifs is 2. The molecule has 6 fully saturated rings. The highest BCUT2D eigenvalue weighted by Gasteiger charge is 2.86. The Hall–Kier alpha value is -0.790. The highest BCUT2D eigenvalue weighted by molar-refractivity contribution is 6.05. The molecule has 0 amide bonds. The van der Waals surface area contributed by atoms with Crippen molar-refractivity contribution in [3.8, 4) is 0 Å². The summed E-state index contributed by atoms with van der Waals surface area (Å²) >= 11 is 0. The molecule has 4 bridgehead atoms. The number of hydrogen-bond acceptors (Lipinski definition) is 6. The van der Waals surface area contributed by atoms with Crippen molar-refractivity contribution >= 4 is 5.78 Å². The first-order valence-electron chi connectivity index (χ1n) is 9.71. The van der Waals surface area contributed by atoms with Gasteiger partial charge in [0.2, 0.25) is 5.79 Å². The first-order chi connectivity index (χ1) is 12.1. The number of Topliss-reactive ketones (excluding diaryl/α,β-unsaturated/α-hetero) is 1. The number of rotatable bonds is 0. The molecule has 2 unspecified atom stereocenters. The van der Waals surface area contributed by atoms with Crippen LogP contribution in [-0.2, 0) is 9.53 Å². The van der Waals surface area contributed by atoms with Gasteiger partial charge in [0.25, 0.3) is 0 Å². The van der Waals surface area contributed by atoms with Crippen LogP contribution in [0.15, 0.2) is 12.2 Å². The Bertz CT molecular complexity index is 717. The van der Waals surface area contributed by atoms with Gasteiger partial charge in [-0.15, -0.1) is 0 Å². The zero-order chi connectivity index (χ0) is 18.9. The number of aliphatic hydroxyl groups excluding tert-OH is 3. The molecular formula is C20H28O6. The summed E-state index contributed by atoms with van der Waals surface area (Å²) in [6, 6.07) is 0. The van der Waals surface area contributed by atoms with E-state index in [4.69, 9.17) is 4.74 Å². The standard InChI is InChI=1S/C20H28O6/c1-9-10-4-5-11-18-8-26-20(25,19(11,14(9)22)15(10)23)16(24)13(18)17(2,3)7-6-12(18)21/h10-13,15-16,21,23-25H,1,4-8H2,2-3H3/t10-,11-,12-,13+,15?,16?,18+,19-,20+/m0/s1. The molecule has 6 heteroatoms. The van der Waals surface area contributed by atoms with Gasteiger partial charge in [-0.25, -0.2) is 0 Å². The molecule has 0 aromatic heterocycles. The third-order valence-corrected chi connectivity index (χ3v) is 8.88. The minimum atomic E-state index is -2.15. The van der Waals surface area contributed by atoms with E-state index < -0.39 is 58.5 Å². The minimum absolute atomic E-state index is 0.0966. The van der Waals surface area contributed by atoms with Gasteiger partial charge in [0.05, 0.1) is 18.8 Å². The van der Waals surface area contributed by atoms with E-state index in [1.165, 1.54) is 0 Å². The van der Waals surface area contributed by atoms with Crippen LogP contribution in [0.3, 0.4) is 0 Å². The van der Waals surface area contributed by atoms with Crippen molar-refractivity contribution in [2.45, 2.75) is 63.6 Å². The Morgan fingerprint density at radius 3 is 2.50 bits per heavy atom. The summed E-state index contributed by atoms with van der Waals surface area (Å²) in [6.45, 7) is 8.07. The number of carbonyl (C=O) groups is 1. The van der Waals surface area contributed by atoms with Crippen molar-refractivity contribution in [3.05, 3.63) is 12.2 Å². The first-order valence-corrected chi connectivity index (χ1v) is 9.71. The van der Waals surface area contributed by atoms with E-state index in [9.17, 15) is 25.2 Å². The van der Waals surface area contributed by atoms with Crippen LogP contribution >= 0.6 is 0 Å². The molecule has 0 radical (unpaired) electrons. The lowest BCUT2D eigenvalue weighted by Crippen LogP contribution is -2.85. The van der Waals surface area contributed by atoms with Crippen LogP contribution in [-0.4, -0.2) is 56.9 Å². The van der Waals surface area contributed by atoms with E-state index in [1.807, 2.05) is 13.8 Å². The molecule has 4 N–H and O–H groups in total. The van der Waals surface area contributed by atoms with Crippen LogP contribution in [0.2, 0.25) is 0 Å². The Labute approximate surface area is 152 Å². The van der Waals surface area contributed by atoms with E-state index in [-0.39, 0.29) is 12.0 Å². The molecule has 4 aliphatic carbocycles.